The van der Waals surface area contributed by atoms with Crippen LogP contribution in [0, 0.1) is 0 Å². The summed E-state index contributed by atoms with van der Waals surface area (Å²) in [6, 6.07) is 0. The molecule has 0 aromatic rings. The van der Waals surface area contributed by atoms with Gasteiger partial charge in [0.15, 0.2) is 0 Å². The Morgan fingerprint density at radius 2 is 1.39 bits per heavy atom. The maximum atomic E-state index is 10.7. The van der Waals surface area contributed by atoms with E-state index in [0.717, 1.165) is 0 Å². The normalized spacial score (nSPS) is 11.7. The first-order valence-corrected chi connectivity index (χ1v) is 6.33. The van der Waals surface area contributed by atoms with Crippen molar-refractivity contribution in [2.75, 3.05) is 5.75 Å². The molecular formula is C8H16NNaO7S. The maximum absolute atomic E-state index is 10.7. The Morgan fingerprint density at radius 3 is 1.61 bits per heavy atom. The molecule has 0 aromatic carbocycles. The van der Waals surface area contributed by atoms with Crippen LogP contribution in [-0.2, 0) is 19.7 Å². The average Bonchev–Trinajstić information content (AvgIpc) is 2.09. The molecule has 0 atom stereocenters. The first kappa shape index (κ1) is 20.1. The average molecular weight is 293 g/mol. The molecule has 10 heteroatoms. The van der Waals surface area contributed by atoms with Gasteiger partial charge in [-0.25, -0.2) is 0 Å². The Morgan fingerprint density at radius 1 is 1.06 bits per heavy atom. The second-order valence-corrected chi connectivity index (χ2v) is 5.33. The van der Waals surface area contributed by atoms with Gasteiger partial charge in [0.05, 0.1) is 5.75 Å². The molecule has 0 radical (unpaired) electrons. The quantitative estimate of drug-likeness (QED) is 0.316. The molecule has 0 saturated heterocycles. The number of carbonyl (C=O) groups is 2. The molecule has 0 aromatic heterocycles. The molecule has 0 amide bonds. The summed E-state index contributed by atoms with van der Waals surface area (Å²) in [5.74, 6) is -3.21. The number of hydrogen-bond acceptors (Lipinski definition) is 5. The molecule has 0 bridgehead atoms. The Hall–Kier alpha value is -0.190. The number of aliphatic carboxylic acids is 2. The number of carboxylic acid groups (broad SMARTS) is 2. The Labute approximate surface area is 127 Å². The fraction of sp³-hybridized carbons (Fsp3) is 0.750. The predicted octanol–water partition coefficient (Wildman–Crippen LogP) is -1.35. The van der Waals surface area contributed by atoms with Crippen molar-refractivity contribution in [3.8, 4) is 0 Å². The van der Waals surface area contributed by atoms with Crippen molar-refractivity contribution in [3.05, 3.63) is 0 Å². The van der Waals surface area contributed by atoms with Gasteiger partial charge in [0, 0.05) is 18.4 Å². The Balaban J connectivity index is 0. The zero-order valence-corrected chi connectivity index (χ0v) is 9.81. The molecule has 0 aliphatic heterocycles. The molecule has 0 rings (SSSR count). The van der Waals surface area contributed by atoms with Gasteiger partial charge < -0.3 is 15.9 Å². The molecule has 0 fully saturated rings. The second kappa shape index (κ2) is 8.08. The fourth-order valence-corrected chi connectivity index (χ4v) is 2.36. The fourth-order valence-electron chi connectivity index (χ4n) is 1.34. The van der Waals surface area contributed by atoms with Crippen molar-refractivity contribution in [3.63, 3.8) is 0 Å². The van der Waals surface area contributed by atoms with E-state index in [9.17, 15) is 18.0 Å². The summed E-state index contributed by atoms with van der Waals surface area (Å²) in [6.07, 6.45) is -1.25. The van der Waals surface area contributed by atoms with Gasteiger partial charge in [0.25, 0.3) is 10.1 Å². The number of rotatable bonds is 8. The molecular weight excluding hydrogens is 277 g/mol. The molecule has 0 spiro atoms. The third-order valence-corrected chi connectivity index (χ3v) is 3.08. The van der Waals surface area contributed by atoms with Gasteiger partial charge >= 0.3 is 41.5 Å². The minimum absolute atomic E-state index is 0. The van der Waals surface area contributed by atoms with Gasteiger partial charge in [0.1, 0.15) is 0 Å². The standard InChI is InChI=1S/C8H15NO7S.Na.H/c9-8(3-1-6(10)11,4-2-7(12)13)5-17(14,15)16;;/h1-5,9H2,(H,10,11)(H,12,13)(H,14,15,16);;. The van der Waals surface area contributed by atoms with Crippen molar-refractivity contribution in [1.29, 1.82) is 0 Å². The monoisotopic (exact) mass is 293 g/mol. The van der Waals surface area contributed by atoms with E-state index in [1.807, 2.05) is 0 Å². The topological polar surface area (TPSA) is 155 Å². The van der Waals surface area contributed by atoms with Crippen molar-refractivity contribution < 1.29 is 32.8 Å². The zero-order chi connectivity index (χ0) is 13.7. The van der Waals surface area contributed by atoms with Crippen LogP contribution >= 0.6 is 0 Å². The minimum atomic E-state index is -4.39. The van der Waals surface area contributed by atoms with Gasteiger partial charge in [-0.1, -0.05) is 0 Å². The SMILES string of the molecule is NC(CCC(=O)O)(CCC(=O)O)CS(=O)(=O)O.[NaH]. The van der Waals surface area contributed by atoms with Crippen molar-refractivity contribution in [2.24, 2.45) is 5.73 Å². The molecule has 0 unspecified atom stereocenters. The molecule has 0 saturated carbocycles. The Kier molecular flexibility index (Phi) is 9.03. The van der Waals surface area contributed by atoms with Gasteiger partial charge in [0.2, 0.25) is 0 Å². The first-order valence-electron chi connectivity index (χ1n) is 4.72. The van der Waals surface area contributed by atoms with Crippen LogP contribution in [0.5, 0.6) is 0 Å². The van der Waals surface area contributed by atoms with E-state index in [4.69, 9.17) is 20.5 Å². The molecule has 0 aliphatic carbocycles. The molecule has 8 nitrogen and oxygen atoms in total. The number of nitrogens with two attached hydrogens (primary N) is 1. The van der Waals surface area contributed by atoms with E-state index < -0.39 is 46.2 Å². The molecule has 0 heterocycles. The van der Waals surface area contributed by atoms with Crippen LogP contribution in [0.3, 0.4) is 0 Å². The molecule has 102 valence electrons. The number of hydrogen-bond donors (Lipinski definition) is 4. The third-order valence-electron chi connectivity index (χ3n) is 2.14. The number of carboxylic acids is 2. The summed E-state index contributed by atoms with van der Waals surface area (Å²) in [5, 5.41) is 16.9. The van der Waals surface area contributed by atoms with E-state index in [2.05, 4.69) is 0 Å². The summed E-state index contributed by atoms with van der Waals surface area (Å²) < 4.78 is 30.1. The van der Waals surface area contributed by atoms with Crippen molar-refractivity contribution in [1.82, 2.24) is 0 Å². The van der Waals surface area contributed by atoms with E-state index >= 15 is 0 Å². The van der Waals surface area contributed by atoms with Gasteiger partial charge in [-0.05, 0) is 12.8 Å². The zero-order valence-electron chi connectivity index (χ0n) is 9.00. The summed E-state index contributed by atoms with van der Waals surface area (Å²) in [6.45, 7) is 0. The Bertz CT molecular complexity index is 376. The van der Waals surface area contributed by atoms with Gasteiger partial charge in [-0.2, -0.15) is 8.42 Å². The summed E-state index contributed by atoms with van der Waals surface area (Å²) >= 11 is 0. The summed E-state index contributed by atoms with van der Waals surface area (Å²) in [4.78, 5) is 20.7. The van der Waals surface area contributed by atoms with Crippen LogP contribution in [0.25, 0.3) is 0 Å². The second-order valence-electron chi connectivity index (χ2n) is 3.88. The van der Waals surface area contributed by atoms with Crippen LogP contribution in [-0.4, -0.2) is 76.0 Å². The van der Waals surface area contributed by atoms with Crippen LogP contribution in [0.15, 0.2) is 0 Å². The molecule has 0 aliphatic rings. The van der Waals surface area contributed by atoms with E-state index in [1.165, 1.54) is 0 Å². The molecule has 5 N–H and O–H groups in total. The summed E-state index contributed by atoms with van der Waals surface area (Å²) in [5.41, 5.74) is 4.06. The van der Waals surface area contributed by atoms with Crippen LogP contribution in [0.2, 0.25) is 0 Å². The van der Waals surface area contributed by atoms with Gasteiger partial charge in [-0.15, -0.1) is 0 Å². The van der Waals surface area contributed by atoms with Crippen LogP contribution < -0.4 is 5.73 Å². The third kappa shape index (κ3) is 10.9. The van der Waals surface area contributed by atoms with Crippen molar-refractivity contribution in [2.45, 2.75) is 31.2 Å². The predicted molar refractivity (Wildman–Crippen MR) is 64.2 cm³/mol. The van der Waals surface area contributed by atoms with E-state index in [1.54, 1.807) is 0 Å². The van der Waals surface area contributed by atoms with Crippen LogP contribution in [0.1, 0.15) is 25.7 Å². The van der Waals surface area contributed by atoms with Crippen molar-refractivity contribution >= 4 is 51.6 Å². The van der Waals surface area contributed by atoms with Gasteiger partial charge in [-0.3, -0.25) is 14.1 Å². The van der Waals surface area contributed by atoms with E-state index in [0.29, 0.717) is 0 Å². The van der Waals surface area contributed by atoms with Crippen LogP contribution in [0.4, 0.5) is 0 Å². The first-order chi connectivity index (χ1) is 7.54. The van der Waals surface area contributed by atoms with E-state index in [-0.39, 0.29) is 42.4 Å². The molecule has 18 heavy (non-hydrogen) atoms. The summed E-state index contributed by atoms with van der Waals surface area (Å²) in [7, 11) is -4.39.